The van der Waals surface area contributed by atoms with E-state index in [9.17, 15) is 19.2 Å². The number of benzene rings is 1. The largest absolute Gasteiger partial charge is 0.316 e. The van der Waals surface area contributed by atoms with Crippen LogP contribution in [0, 0.1) is 5.41 Å². The fourth-order valence-electron chi connectivity index (χ4n) is 4.33. The van der Waals surface area contributed by atoms with Gasteiger partial charge in [0, 0.05) is 19.5 Å². The fourth-order valence-corrected chi connectivity index (χ4v) is 4.33. The predicted octanol–water partition coefficient (Wildman–Crippen LogP) is 0.567. The zero-order valence-corrected chi connectivity index (χ0v) is 16.5. The maximum absolute atomic E-state index is 12.8. The molecule has 4 amide bonds. The Kier molecular flexibility index (Phi) is 5.23. The van der Waals surface area contributed by atoms with Gasteiger partial charge in [-0.3, -0.25) is 29.4 Å². The van der Waals surface area contributed by atoms with E-state index in [-0.39, 0.29) is 18.7 Å². The first kappa shape index (κ1) is 19.7. The third kappa shape index (κ3) is 3.82. The van der Waals surface area contributed by atoms with Gasteiger partial charge in [-0.05, 0) is 55.5 Å². The van der Waals surface area contributed by atoms with Crippen LogP contribution in [-0.2, 0) is 16.1 Å². The van der Waals surface area contributed by atoms with Gasteiger partial charge in [0.2, 0.25) is 11.8 Å². The van der Waals surface area contributed by atoms with Crippen LogP contribution in [0.5, 0.6) is 0 Å². The lowest BCUT2D eigenvalue weighted by atomic mass is 9.86. The number of carbonyl (C=O) groups is 4. The first-order valence-corrected chi connectivity index (χ1v) is 10.1. The second-order valence-corrected chi connectivity index (χ2v) is 8.49. The average molecular weight is 398 g/mol. The van der Waals surface area contributed by atoms with Crippen LogP contribution in [0.1, 0.15) is 58.9 Å². The van der Waals surface area contributed by atoms with Crippen molar-refractivity contribution >= 4 is 23.6 Å². The summed E-state index contributed by atoms with van der Waals surface area (Å²) in [7, 11) is 0. The van der Waals surface area contributed by atoms with Crippen molar-refractivity contribution in [2.24, 2.45) is 5.41 Å². The van der Waals surface area contributed by atoms with Gasteiger partial charge in [0.25, 0.3) is 11.8 Å². The Morgan fingerprint density at radius 1 is 1.17 bits per heavy atom. The molecule has 3 N–H and O–H groups in total. The van der Waals surface area contributed by atoms with Crippen LogP contribution in [0.15, 0.2) is 18.2 Å². The number of rotatable bonds is 6. The monoisotopic (exact) mass is 398 g/mol. The van der Waals surface area contributed by atoms with E-state index in [0.717, 1.165) is 36.5 Å². The van der Waals surface area contributed by atoms with Gasteiger partial charge in [0.15, 0.2) is 0 Å². The minimum Gasteiger partial charge on any atom is -0.316 e. The molecule has 29 heavy (non-hydrogen) atoms. The Balaban J connectivity index is 1.40. The lowest BCUT2D eigenvalue weighted by molar-refractivity contribution is -0.136. The van der Waals surface area contributed by atoms with Crippen LogP contribution < -0.4 is 16.0 Å². The summed E-state index contributed by atoms with van der Waals surface area (Å²) in [5, 5.41) is 9.02. The molecule has 2 saturated heterocycles. The summed E-state index contributed by atoms with van der Waals surface area (Å²) >= 11 is 0. The highest BCUT2D eigenvalue weighted by molar-refractivity contribution is 6.23. The highest BCUT2D eigenvalue weighted by atomic mass is 16.2. The molecule has 8 heteroatoms. The summed E-state index contributed by atoms with van der Waals surface area (Å²) in [5.74, 6) is -1.91. The number of amides is 4. The summed E-state index contributed by atoms with van der Waals surface area (Å²) in [4.78, 5) is 50.0. The van der Waals surface area contributed by atoms with Crippen molar-refractivity contribution in [3.8, 4) is 0 Å². The molecule has 1 aromatic rings. The Morgan fingerprint density at radius 2 is 1.97 bits per heavy atom. The molecular weight excluding hydrogens is 372 g/mol. The van der Waals surface area contributed by atoms with E-state index in [4.69, 9.17) is 0 Å². The van der Waals surface area contributed by atoms with Crippen molar-refractivity contribution < 1.29 is 19.2 Å². The highest BCUT2D eigenvalue weighted by Crippen LogP contribution is 2.29. The molecule has 8 nitrogen and oxygen atoms in total. The van der Waals surface area contributed by atoms with E-state index in [1.165, 1.54) is 6.42 Å². The van der Waals surface area contributed by atoms with Crippen molar-refractivity contribution in [2.45, 2.75) is 45.2 Å². The number of nitrogens with zero attached hydrogens (tertiary/aromatic N) is 1. The molecule has 0 radical (unpaired) electrons. The van der Waals surface area contributed by atoms with E-state index >= 15 is 0 Å². The lowest BCUT2D eigenvalue weighted by Crippen LogP contribution is -2.54. The average Bonchev–Trinajstić information content (AvgIpc) is 3.22. The molecule has 2 atom stereocenters. The van der Waals surface area contributed by atoms with Crippen LogP contribution in [0.3, 0.4) is 0 Å². The van der Waals surface area contributed by atoms with Gasteiger partial charge in [0.1, 0.15) is 6.04 Å². The molecule has 154 valence electrons. The highest BCUT2D eigenvalue weighted by Gasteiger charge is 2.44. The molecule has 2 unspecified atom stereocenters. The van der Waals surface area contributed by atoms with E-state index in [0.29, 0.717) is 23.1 Å². The summed E-state index contributed by atoms with van der Waals surface area (Å²) in [5.41, 5.74) is 1.89. The third-order valence-corrected chi connectivity index (χ3v) is 6.20. The van der Waals surface area contributed by atoms with Crippen molar-refractivity contribution in [3.05, 3.63) is 34.9 Å². The number of imide groups is 2. The van der Waals surface area contributed by atoms with Gasteiger partial charge < -0.3 is 10.6 Å². The van der Waals surface area contributed by atoms with Gasteiger partial charge in [-0.1, -0.05) is 13.0 Å². The minimum absolute atomic E-state index is 0.118. The molecule has 0 spiro atoms. The third-order valence-electron chi connectivity index (χ3n) is 6.20. The van der Waals surface area contributed by atoms with Gasteiger partial charge in [-0.2, -0.15) is 0 Å². The molecule has 2 fully saturated rings. The summed E-state index contributed by atoms with van der Waals surface area (Å²) < 4.78 is 0. The Labute approximate surface area is 169 Å². The Bertz CT molecular complexity index is 875. The van der Waals surface area contributed by atoms with Gasteiger partial charge in [-0.25, -0.2) is 0 Å². The molecule has 3 heterocycles. The molecule has 1 aromatic carbocycles. The number of hydrogen-bond donors (Lipinski definition) is 3. The quantitative estimate of drug-likeness (QED) is 0.478. The smallest absolute Gasteiger partial charge is 0.262 e. The van der Waals surface area contributed by atoms with E-state index in [1.807, 2.05) is 6.07 Å². The number of hydrogen-bond acceptors (Lipinski definition) is 6. The van der Waals surface area contributed by atoms with Crippen LogP contribution in [0.25, 0.3) is 0 Å². The Morgan fingerprint density at radius 3 is 2.69 bits per heavy atom. The van der Waals surface area contributed by atoms with Crippen LogP contribution in [0.2, 0.25) is 0 Å². The second-order valence-electron chi connectivity index (χ2n) is 8.49. The van der Waals surface area contributed by atoms with E-state index in [2.05, 4.69) is 22.9 Å². The summed E-state index contributed by atoms with van der Waals surface area (Å²) in [6, 6.07) is 4.29. The molecule has 0 bridgehead atoms. The molecule has 0 saturated carbocycles. The maximum atomic E-state index is 12.8. The van der Waals surface area contributed by atoms with Crippen LogP contribution in [-0.4, -0.2) is 54.2 Å². The molecule has 4 rings (SSSR count). The summed E-state index contributed by atoms with van der Waals surface area (Å²) in [6.45, 7) is 5.89. The van der Waals surface area contributed by atoms with Crippen molar-refractivity contribution in [1.82, 2.24) is 20.9 Å². The normalized spacial score (nSPS) is 26.8. The second kappa shape index (κ2) is 7.68. The molecule has 3 aliphatic rings. The van der Waals surface area contributed by atoms with Crippen molar-refractivity contribution in [3.63, 3.8) is 0 Å². The van der Waals surface area contributed by atoms with Crippen molar-refractivity contribution in [1.29, 1.82) is 0 Å². The van der Waals surface area contributed by atoms with E-state index in [1.54, 1.807) is 12.1 Å². The Hall–Kier alpha value is -2.58. The number of nitrogens with one attached hydrogen (secondary N) is 3. The molecular formula is C21H26N4O4. The SMILES string of the molecule is CC1(CCNCc2ccc3c(c2)C(=O)N(C2CCC(=O)NC2=O)C3=O)CCNC1. The first-order valence-electron chi connectivity index (χ1n) is 10.1. The number of piperidine rings is 1. The van der Waals surface area contributed by atoms with Gasteiger partial charge >= 0.3 is 0 Å². The van der Waals surface area contributed by atoms with Crippen LogP contribution in [0.4, 0.5) is 0 Å². The lowest BCUT2D eigenvalue weighted by Gasteiger charge is -2.27. The van der Waals surface area contributed by atoms with Crippen LogP contribution >= 0.6 is 0 Å². The fraction of sp³-hybridized carbons (Fsp3) is 0.524. The molecule has 3 aliphatic heterocycles. The van der Waals surface area contributed by atoms with E-state index < -0.39 is 23.8 Å². The molecule has 0 aromatic heterocycles. The number of carbonyl (C=O) groups excluding carboxylic acids is 4. The molecule has 0 aliphatic carbocycles. The zero-order valence-electron chi connectivity index (χ0n) is 16.5. The maximum Gasteiger partial charge on any atom is 0.262 e. The first-order chi connectivity index (χ1) is 13.9. The van der Waals surface area contributed by atoms with Gasteiger partial charge in [0.05, 0.1) is 11.1 Å². The topological polar surface area (TPSA) is 108 Å². The summed E-state index contributed by atoms with van der Waals surface area (Å²) in [6.07, 6.45) is 2.54. The van der Waals surface area contributed by atoms with Gasteiger partial charge in [-0.15, -0.1) is 0 Å². The van der Waals surface area contributed by atoms with Crippen molar-refractivity contribution in [2.75, 3.05) is 19.6 Å². The predicted molar refractivity (Wildman–Crippen MR) is 105 cm³/mol. The standard InChI is InChI=1S/C21H26N4O4/c1-21(7-9-23-12-21)6-8-22-11-13-2-3-14-15(10-13)20(29)25(19(14)28)16-4-5-17(26)24-18(16)27/h2-3,10,16,22-23H,4-9,11-12H2,1H3,(H,24,26,27). The zero-order chi connectivity index (χ0) is 20.6. The number of fused-ring (bicyclic) bond motifs is 1. The minimum atomic E-state index is -0.928.